The second-order valence-corrected chi connectivity index (χ2v) is 22.0. The standard InChI is InChI=1S/C50H59NO10Si/c1-54-43-27-25-42(26-28-43)32-56-37-45(52)51(50(53)57-29-30-62(2,3)4)49-48(60-35-41-23-15-8-16-24-41)47(59-34-40-21-13-7-14-22-40)46(58-33-39-19-11-6-12-20-39)44(61-49)36-55-31-38-17-9-5-10-18-38/h5-28,44,46-49H,29-37H2,1-4H3/t44-,46-,47+,48-,49-/m1/s1. The molecule has 1 aliphatic heterocycles. The van der Waals surface area contributed by atoms with Gasteiger partial charge >= 0.3 is 6.09 Å². The van der Waals surface area contributed by atoms with E-state index in [9.17, 15) is 9.59 Å². The molecule has 12 heteroatoms. The molecular formula is C50H59NO10Si. The highest BCUT2D eigenvalue weighted by atomic mass is 28.3. The number of hydrogen-bond acceptors (Lipinski definition) is 10. The lowest BCUT2D eigenvalue weighted by Gasteiger charge is -2.48. The van der Waals surface area contributed by atoms with Gasteiger partial charge in [-0.15, -0.1) is 0 Å². The molecule has 5 aromatic carbocycles. The molecule has 0 radical (unpaired) electrons. The van der Waals surface area contributed by atoms with Gasteiger partial charge in [-0.25, -0.2) is 9.69 Å². The van der Waals surface area contributed by atoms with E-state index in [1.54, 1.807) is 7.11 Å². The summed E-state index contributed by atoms with van der Waals surface area (Å²) in [5.74, 6) is 0.0368. The molecule has 0 N–H and O–H groups in total. The van der Waals surface area contributed by atoms with Gasteiger partial charge in [0.05, 0.1) is 53.4 Å². The van der Waals surface area contributed by atoms with E-state index in [0.717, 1.165) is 32.7 Å². The zero-order valence-electron chi connectivity index (χ0n) is 36.1. The van der Waals surface area contributed by atoms with Crippen LogP contribution in [0.5, 0.6) is 5.75 Å². The normalized spacial score (nSPS) is 18.8. The summed E-state index contributed by atoms with van der Waals surface area (Å²) >= 11 is 0. The second-order valence-electron chi connectivity index (χ2n) is 16.4. The van der Waals surface area contributed by atoms with Crippen molar-refractivity contribution in [3.8, 4) is 5.75 Å². The van der Waals surface area contributed by atoms with Crippen molar-refractivity contribution in [1.82, 2.24) is 4.90 Å². The van der Waals surface area contributed by atoms with Gasteiger partial charge in [0, 0.05) is 8.07 Å². The van der Waals surface area contributed by atoms with Crippen LogP contribution in [0.1, 0.15) is 27.8 Å². The highest BCUT2D eigenvalue weighted by Gasteiger charge is 2.53. The average molecular weight is 862 g/mol. The summed E-state index contributed by atoms with van der Waals surface area (Å²) in [6.07, 6.45) is -5.75. The van der Waals surface area contributed by atoms with Gasteiger partial charge in [-0.05, 0) is 46.0 Å². The Morgan fingerprint density at radius 2 is 1.02 bits per heavy atom. The van der Waals surface area contributed by atoms with Gasteiger partial charge in [0.25, 0.3) is 5.91 Å². The molecule has 6 rings (SSSR count). The van der Waals surface area contributed by atoms with E-state index in [0.29, 0.717) is 18.4 Å². The fourth-order valence-corrected chi connectivity index (χ4v) is 7.60. The predicted octanol–water partition coefficient (Wildman–Crippen LogP) is 9.21. The molecule has 0 saturated carbocycles. The number of nitrogens with zero attached hydrogens (tertiary/aromatic N) is 1. The van der Waals surface area contributed by atoms with Crippen LogP contribution in [-0.2, 0) is 71.0 Å². The van der Waals surface area contributed by atoms with E-state index < -0.39 is 57.3 Å². The summed E-state index contributed by atoms with van der Waals surface area (Å²) in [5.41, 5.74) is 4.53. The first-order valence-corrected chi connectivity index (χ1v) is 24.8. The van der Waals surface area contributed by atoms with E-state index in [1.807, 2.05) is 146 Å². The Labute approximate surface area is 366 Å². The van der Waals surface area contributed by atoms with Crippen LogP contribution in [0.25, 0.3) is 0 Å². The van der Waals surface area contributed by atoms with Crippen molar-refractivity contribution in [3.05, 3.63) is 173 Å². The van der Waals surface area contributed by atoms with Crippen LogP contribution in [0, 0.1) is 0 Å². The molecule has 1 fully saturated rings. The number of methoxy groups -OCH3 is 1. The molecule has 1 heterocycles. The zero-order valence-corrected chi connectivity index (χ0v) is 37.1. The number of imide groups is 1. The molecule has 328 valence electrons. The summed E-state index contributed by atoms with van der Waals surface area (Å²) in [6.45, 7) is 7.25. The Kier molecular flexibility index (Phi) is 17.8. The molecule has 0 bridgehead atoms. The third kappa shape index (κ3) is 14.5. The van der Waals surface area contributed by atoms with Crippen molar-refractivity contribution in [1.29, 1.82) is 0 Å². The first kappa shape index (κ1) is 46.3. The number of benzene rings is 5. The molecule has 1 saturated heterocycles. The quantitative estimate of drug-likeness (QED) is 0.0625. The summed E-state index contributed by atoms with van der Waals surface area (Å²) in [5, 5.41) is 0. The van der Waals surface area contributed by atoms with E-state index in [2.05, 4.69) is 19.6 Å². The van der Waals surface area contributed by atoms with Crippen LogP contribution in [0.2, 0.25) is 25.7 Å². The van der Waals surface area contributed by atoms with Crippen LogP contribution in [0.15, 0.2) is 146 Å². The second kappa shape index (κ2) is 23.9. The highest BCUT2D eigenvalue weighted by molar-refractivity contribution is 6.76. The number of ether oxygens (including phenoxy) is 8. The van der Waals surface area contributed by atoms with Gasteiger partial charge in [-0.3, -0.25) is 4.79 Å². The SMILES string of the molecule is COc1ccc(COCC(=O)N(C(=O)OCC[Si](C)(C)C)[C@@H]2O[C@H](COCc3ccccc3)[C@@H](OCc3ccccc3)[C@H](OCc3ccccc3)[C@H]2OCc2ccccc2)cc1. The number of amides is 2. The Bertz CT molecular complexity index is 2050. The molecule has 0 aromatic heterocycles. The molecule has 2 amide bonds. The lowest BCUT2D eigenvalue weighted by Crippen LogP contribution is -2.67. The van der Waals surface area contributed by atoms with E-state index in [4.69, 9.17) is 37.9 Å². The Balaban J connectivity index is 1.38. The molecular weight excluding hydrogens is 803 g/mol. The van der Waals surface area contributed by atoms with Gasteiger partial charge < -0.3 is 37.9 Å². The van der Waals surface area contributed by atoms with Crippen molar-refractivity contribution in [2.75, 3.05) is 26.9 Å². The molecule has 1 aliphatic rings. The smallest absolute Gasteiger partial charge is 0.418 e. The highest BCUT2D eigenvalue weighted by Crippen LogP contribution is 2.33. The van der Waals surface area contributed by atoms with Crippen LogP contribution in [0.4, 0.5) is 4.79 Å². The Morgan fingerprint density at radius 1 is 0.565 bits per heavy atom. The lowest BCUT2D eigenvalue weighted by atomic mass is 9.96. The summed E-state index contributed by atoms with van der Waals surface area (Å²) < 4.78 is 50.9. The molecule has 0 spiro atoms. The molecule has 11 nitrogen and oxygen atoms in total. The summed E-state index contributed by atoms with van der Waals surface area (Å²) in [7, 11) is -0.0345. The summed E-state index contributed by atoms with van der Waals surface area (Å²) in [6, 6.07) is 47.2. The topological polar surface area (TPSA) is 111 Å². The molecule has 62 heavy (non-hydrogen) atoms. The van der Waals surface area contributed by atoms with Crippen molar-refractivity contribution in [3.63, 3.8) is 0 Å². The monoisotopic (exact) mass is 861 g/mol. The van der Waals surface area contributed by atoms with Gasteiger partial charge in [-0.2, -0.15) is 0 Å². The van der Waals surface area contributed by atoms with Crippen molar-refractivity contribution < 1.29 is 47.5 Å². The minimum atomic E-state index is -1.63. The van der Waals surface area contributed by atoms with E-state index in [-0.39, 0.29) is 39.6 Å². The van der Waals surface area contributed by atoms with E-state index >= 15 is 0 Å². The largest absolute Gasteiger partial charge is 0.497 e. The lowest BCUT2D eigenvalue weighted by molar-refractivity contribution is -0.293. The van der Waals surface area contributed by atoms with Crippen molar-refractivity contribution >= 4 is 20.1 Å². The maximum atomic E-state index is 14.6. The Morgan fingerprint density at radius 3 is 1.52 bits per heavy atom. The van der Waals surface area contributed by atoms with Crippen LogP contribution in [-0.4, -0.2) is 82.5 Å². The number of hydrogen-bond donors (Lipinski definition) is 0. The summed E-state index contributed by atoms with van der Waals surface area (Å²) in [4.78, 5) is 30.1. The van der Waals surface area contributed by atoms with E-state index in [1.165, 1.54) is 0 Å². The van der Waals surface area contributed by atoms with Crippen molar-refractivity contribution in [2.45, 2.75) is 89.4 Å². The third-order valence-corrected chi connectivity index (χ3v) is 12.0. The molecule has 0 unspecified atom stereocenters. The number of carbonyl (C=O) groups is 2. The Hall–Kier alpha value is -5.18. The molecule has 5 atom stereocenters. The van der Waals surface area contributed by atoms with Crippen LogP contribution in [0.3, 0.4) is 0 Å². The minimum Gasteiger partial charge on any atom is -0.497 e. The fraction of sp³-hybridized carbons (Fsp3) is 0.360. The van der Waals surface area contributed by atoms with Gasteiger partial charge in [0.1, 0.15) is 36.8 Å². The van der Waals surface area contributed by atoms with Crippen LogP contribution >= 0.6 is 0 Å². The van der Waals surface area contributed by atoms with Gasteiger partial charge in [0.15, 0.2) is 6.23 Å². The molecule has 0 aliphatic carbocycles. The first-order chi connectivity index (χ1) is 30.2. The minimum absolute atomic E-state index is 0.0438. The maximum Gasteiger partial charge on any atom is 0.418 e. The van der Waals surface area contributed by atoms with Gasteiger partial charge in [-0.1, -0.05) is 153 Å². The van der Waals surface area contributed by atoms with Crippen LogP contribution < -0.4 is 4.74 Å². The first-order valence-electron chi connectivity index (χ1n) is 21.1. The maximum absolute atomic E-state index is 14.6. The number of carbonyl (C=O) groups excluding carboxylic acids is 2. The fourth-order valence-electron chi connectivity index (χ4n) is 6.88. The molecule has 5 aromatic rings. The van der Waals surface area contributed by atoms with Crippen molar-refractivity contribution in [2.24, 2.45) is 0 Å². The third-order valence-electron chi connectivity index (χ3n) is 10.3. The van der Waals surface area contributed by atoms with Gasteiger partial charge in [0.2, 0.25) is 0 Å². The average Bonchev–Trinajstić information content (AvgIpc) is 3.29. The predicted molar refractivity (Wildman–Crippen MR) is 239 cm³/mol. The zero-order chi connectivity index (χ0) is 43.6. The number of rotatable bonds is 22.